The maximum absolute atomic E-state index is 13.8. The summed E-state index contributed by atoms with van der Waals surface area (Å²) in [6.45, 7) is 5.86. The van der Waals surface area contributed by atoms with E-state index >= 15 is 0 Å². The minimum atomic E-state index is -3.87. The molecule has 2 heterocycles. The SMILES string of the molecule is Cc1sc(-c2nc(C(C)C)cs2)cc1S(=O)(=O)Nc1ccccc1F. The minimum Gasteiger partial charge on any atom is -0.277 e. The van der Waals surface area contributed by atoms with Crippen molar-refractivity contribution in [1.29, 1.82) is 0 Å². The lowest BCUT2D eigenvalue weighted by Gasteiger charge is -2.08. The molecule has 1 aromatic carbocycles. The van der Waals surface area contributed by atoms with Crippen molar-refractivity contribution in [1.82, 2.24) is 4.98 Å². The third kappa shape index (κ3) is 3.75. The molecule has 3 aromatic rings. The topological polar surface area (TPSA) is 59.1 Å². The van der Waals surface area contributed by atoms with Crippen LogP contribution in [0.15, 0.2) is 40.6 Å². The van der Waals surface area contributed by atoms with Crippen LogP contribution in [-0.2, 0) is 10.0 Å². The van der Waals surface area contributed by atoms with Crippen LogP contribution in [0.4, 0.5) is 10.1 Å². The predicted octanol–water partition coefficient (Wildman–Crippen LogP) is 5.24. The first kappa shape index (κ1) is 18.0. The fourth-order valence-electron chi connectivity index (χ4n) is 2.25. The largest absolute Gasteiger partial charge is 0.277 e. The van der Waals surface area contributed by atoms with Gasteiger partial charge in [0.25, 0.3) is 10.0 Å². The monoisotopic (exact) mass is 396 g/mol. The summed E-state index contributed by atoms with van der Waals surface area (Å²) in [5.41, 5.74) is 0.922. The van der Waals surface area contributed by atoms with E-state index in [0.717, 1.165) is 15.6 Å². The normalized spacial score (nSPS) is 11.9. The van der Waals surface area contributed by atoms with Crippen LogP contribution >= 0.6 is 22.7 Å². The van der Waals surface area contributed by atoms with Crippen LogP contribution < -0.4 is 4.72 Å². The van der Waals surface area contributed by atoms with Gasteiger partial charge in [-0.15, -0.1) is 22.7 Å². The van der Waals surface area contributed by atoms with Crippen molar-refractivity contribution in [3.8, 4) is 9.88 Å². The van der Waals surface area contributed by atoms with Crippen LogP contribution in [0.25, 0.3) is 9.88 Å². The fourth-order valence-corrected chi connectivity index (χ4v) is 5.95. The zero-order valence-corrected chi connectivity index (χ0v) is 16.4. The maximum Gasteiger partial charge on any atom is 0.263 e. The second-order valence-corrected chi connectivity index (χ2v) is 9.61. The molecule has 0 unspecified atom stereocenters. The van der Waals surface area contributed by atoms with Crippen LogP contribution in [0.1, 0.15) is 30.3 Å². The van der Waals surface area contributed by atoms with Gasteiger partial charge in [0.15, 0.2) is 0 Å². The molecule has 0 spiro atoms. The molecule has 0 atom stereocenters. The summed E-state index contributed by atoms with van der Waals surface area (Å²) in [5.74, 6) is -0.294. The standard InChI is InChI=1S/C17H17FN2O2S3/c1-10(2)14-9-23-17(19-14)15-8-16(11(3)24-15)25(21,22)20-13-7-5-4-6-12(13)18/h4-10,20H,1-3H3. The second-order valence-electron chi connectivity index (χ2n) is 5.85. The van der Waals surface area contributed by atoms with E-state index in [4.69, 9.17) is 0 Å². The van der Waals surface area contributed by atoms with E-state index in [1.165, 1.54) is 40.9 Å². The zero-order valence-electron chi connectivity index (χ0n) is 13.9. The number of sulfonamides is 1. The average Bonchev–Trinajstić information content (AvgIpc) is 3.16. The van der Waals surface area contributed by atoms with Crippen molar-refractivity contribution in [2.24, 2.45) is 0 Å². The summed E-state index contributed by atoms with van der Waals surface area (Å²) in [6, 6.07) is 7.30. The summed E-state index contributed by atoms with van der Waals surface area (Å²) in [4.78, 5) is 6.15. The number of thiazole rings is 1. The molecule has 0 fully saturated rings. The Morgan fingerprint density at radius 1 is 1.24 bits per heavy atom. The summed E-state index contributed by atoms with van der Waals surface area (Å²) in [5, 5.41) is 2.78. The highest BCUT2D eigenvalue weighted by Gasteiger charge is 2.22. The van der Waals surface area contributed by atoms with E-state index in [9.17, 15) is 12.8 Å². The molecule has 25 heavy (non-hydrogen) atoms. The van der Waals surface area contributed by atoms with Crippen molar-refractivity contribution in [2.75, 3.05) is 4.72 Å². The van der Waals surface area contributed by atoms with Crippen molar-refractivity contribution < 1.29 is 12.8 Å². The number of thiophene rings is 1. The molecule has 2 aromatic heterocycles. The summed E-state index contributed by atoms with van der Waals surface area (Å²) in [7, 11) is -3.87. The molecule has 0 saturated heterocycles. The number of rotatable bonds is 5. The molecule has 0 bridgehead atoms. The molecule has 8 heteroatoms. The molecule has 1 N–H and O–H groups in total. The summed E-state index contributed by atoms with van der Waals surface area (Å²) in [6.07, 6.45) is 0. The Hall–Kier alpha value is -1.77. The van der Waals surface area contributed by atoms with Crippen molar-refractivity contribution >= 4 is 38.4 Å². The fraction of sp³-hybridized carbons (Fsp3) is 0.235. The molecular formula is C17H17FN2O2S3. The van der Waals surface area contributed by atoms with Gasteiger partial charge in [-0.2, -0.15) is 0 Å². The third-order valence-corrected chi connectivity index (χ3v) is 7.31. The van der Waals surface area contributed by atoms with Gasteiger partial charge in [0.1, 0.15) is 15.7 Å². The van der Waals surface area contributed by atoms with Gasteiger partial charge >= 0.3 is 0 Å². The number of para-hydroxylation sites is 1. The smallest absolute Gasteiger partial charge is 0.263 e. The molecular weight excluding hydrogens is 379 g/mol. The van der Waals surface area contributed by atoms with Crippen molar-refractivity contribution in [3.63, 3.8) is 0 Å². The number of benzene rings is 1. The second kappa shape index (κ2) is 6.86. The van der Waals surface area contributed by atoms with Gasteiger partial charge in [-0.3, -0.25) is 4.72 Å². The quantitative estimate of drug-likeness (QED) is 0.641. The molecule has 132 valence electrons. The predicted molar refractivity (Wildman–Crippen MR) is 101 cm³/mol. The van der Waals surface area contributed by atoms with E-state index in [0.29, 0.717) is 10.8 Å². The third-order valence-electron chi connectivity index (χ3n) is 3.60. The Morgan fingerprint density at radius 3 is 2.60 bits per heavy atom. The zero-order chi connectivity index (χ0) is 18.2. The Bertz CT molecular complexity index is 1010. The number of halogens is 1. The van der Waals surface area contributed by atoms with Gasteiger partial charge in [-0.25, -0.2) is 17.8 Å². The lowest BCUT2D eigenvalue weighted by molar-refractivity contribution is 0.598. The van der Waals surface area contributed by atoms with Gasteiger partial charge in [-0.05, 0) is 31.0 Å². The van der Waals surface area contributed by atoms with Gasteiger partial charge in [0, 0.05) is 10.3 Å². The van der Waals surface area contributed by atoms with Crippen LogP contribution in [-0.4, -0.2) is 13.4 Å². The highest BCUT2D eigenvalue weighted by atomic mass is 32.2. The first-order chi connectivity index (χ1) is 11.8. The molecule has 0 aliphatic rings. The van der Waals surface area contributed by atoms with Crippen LogP contribution in [0.2, 0.25) is 0 Å². The molecule has 0 aliphatic heterocycles. The molecule has 0 amide bonds. The molecule has 0 radical (unpaired) electrons. The number of nitrogens with zero attached hydrogens (tertiary/aromatic N) is 1. The lowest BCUT2D eigenvalue weighted by Crippen LogP contribution is -2.14. The van der Waals surface area contributed by atoms with Crippen molar-refractivity contribution in [3.05, 3.63) is 52.1 Å². The van der Waals surface area contributed by atoms with Crippen LogP contribution in [0, 0.1) is 12.7 Å². The first-order valence-electron chi connectivity index (χ1n) is 7.61. The molecule has 3 rings (SSSR count). The number of hydrogen-bond acceptors (Lipinski definition) is 5. The summed E-state index contributed by atoms with van der Waals surface area (Å²) < 4.78 is 41.4. The van der Waals surface area contributed by atoms with Crippen molar-refractivity contribution in [2.45, 2.75) is 31.6 Å². The average molecular weight is 397 g/mol. The molecule has 4 nitrogen and oxygen atoms in total. The summed E-state index contributed by atoms with van der Waals surface area (Å²) >= 11 is 2.86. The highest BCUT2D eigenvalue weighted by molar-refractivity contribution is 7.93. The van der Waals surface area contributed by atoms with Crippen LogP contribution in [0.5, 0.6) is 0 Å². The Labute approximate surface area is 154 Å². The maximum atomic E-state index is 13.8. The molecule has 0 aliphatic carbocycles. The first-order valence-corrected chi connectivity index (χ1v) is 10.8. The van der Waals surface area contributed by atoms with Crippen LogP contribution in [0.3, 0.4) is 0 Å². The Kier molecular flexibility index (Phi) is 4.95. The number of aryl methyl sites for hydroxylation is 1. The minimum absolute atomic E-state index is 0.0639. The van der Waals surface area contributed by atoms with E-state index < -0.39 is 15.8 Å². The van der Waals surface area contributed by atoms with E-state index in [-0.39, 0.29) is 10.6 Å². The van der Waals surface area contributed by atoms with E-state index in [1.807, 2.05) is 5.38 Å². The lowest BCUT2D eigenvalue weighted by atomic mass is 10.2. The molecule has 0 saturated carbocycles. The Balaban J connectivity index is 1.95. The van der Waals surface area contributed by atoms with Gasteiger partial charge in [0.05, 0.1) is 16.3 Å². The Morgan fingerprint density at radius 2 is 1.96 bits per heavy atom. The van der Waals surface area contributed by atoms with E-state index in [2.05, 4.69) is 23.6 Å². The number of hydrogen-bond donors (Lipinski definition) is 1. The van der Waals surface area contributed by atoms with Gasteiger partial charge in [0.2, 0.25) is 0 Å². The van der Waals surface area contributed by atoms with Gasteiger partial charge < -0.3 is 0 Å². The van der Waals surface area contributed by atoms with E-state index in [1.54, 1.807) is 19.1 Å². The number of aromatic nitrogens is 1. The number of nitrogens with one attached hydrogen (secondary N) is 1. The number of anilines is 1. The highest BCUT2D eigenvalue weighted by Crippen LogP contribution is 2.36. The van der Waals surface area contributed by atoms with Gasteiger partial charge in [-0.1, -0.05) is 26.0 Å².